The van der Waals surface area contributed by atoms with Crippen molar-refractivity contribution in [2.24, 2.45) is 0 Å². The molecule has 27 heavy (non-hydrogen) atoms. The number of unbranched alkanes of at least 4 members (excludes halogenated alkanes) is 6. The van der Waals surface area contributed by atoms with Gasteiger partial charge in [-0.1, -0.05) is 51.5 Å². The minimum Gasteiger partial charge on any atom is -0.463 e. The summed E-state index contributed by atoms with van der Waals surface area (Å²) in [6.07, 6.45) is 10.6. The molecule has 0 aromatic rings. The quantitative estimate of drug-likeness (QED) is 0.159. The van der Waals surface area contributed by atoms with Gasteiger partial charge < -0.3 is 23.7 Å². The number of carbonyl (C=O) groups is 1. The highest BCUT2D eigenvalue weighted by Crippen LogP contribution is 2.08. The van der Waals surface area contributed by atoms with Crippen molar-refractivity contribution in [2.75, 3.05) is 59.5 Å². The third-order valence-electron chi connectivity index (χ3n) is 3.83. The number of carbonyl (C=O) groups excluding carboxylic acids is 1. The first-order chi connectivity index (χ1) is 13.3. The van der Waals surface area contributed by atoms with Gasteiger partial charge in [-0.15, -0.1) is 6.58 Å². The molecule has 0 amide bonds. The van der Waals surface area contributed by atoms with Gasteiger partial charge >= 0.3 is 5.97 Å². The lowest BCUT2D eigenvalue weighted by atomic mass is 10.1. The zero-order valence-corrected chi connectivity index (χ0v) is 17.3. The molecule has 0 saturated carbocycles. The van der Waals surface area contributed by atoms with Crippen molar-refractivity contribution in [1.82, 2.24) is 0 Å². The van der Waals surface area contributed by atoms with Crippen molar-refractivity contribution in [3.63, 3.8) is 0 Å². The van der Waals surface area contributed by atoms with Crippen LogP contribution in [0.2, 0.25) is 0 Å². The fourth-order valence-electron chi connectivity index (χ4n) is 2.34. The fourth-order valence-corrected chi connectivity index (χ4v) is 2.34. The molecule has 0 aliphatic carbocycles. The van der Waals surface area contributed by atoms with E-state index in [9.17, 15) is 4.79 Å². The molecule has 6 heteroatoms. The van der Waals surface area contributed by atoms with E-state index in [4.69, 9.17) is 23.7 Å². The van der Waals surface area contributed by atoms with E-state index in [1.165, 1.54) is 32.1 Å². The van der Waals surface area contributed by atoms with Gasteiger partial charge in [0.1, 0.15) is 6.61 Å². The minimum absolute atomic E-state index is 0.127. The highest BCUT2D eigenvalue weighted by atomic mass is 16.6. The van der Waals surface area contributed by atoms with Crippen LogP contribution in [0.5, 0.6) is 0 Å². The number of ether oxygens (including phenoxy) is 5. The predicted octanol–water partition coefficient (Wildman–Crippen LogP) is 3.92. The molecule has 6 nitrogen and oxygen atoms in total. The van der Waals surface area contributed by atoms with Gasteiger partial charge in [-0.2, -0.15) is 0 Å². The van der Waals surface area contributed by atoms with E-state index in [-0.39, 0.29) is 5.97 Å². The Balaban J connectivity index is 3.12. The van der Waals surface area contributed by atoms with Crippen LogP contribution in [0, 0.1) is 0 Å². The number of esters is 1. The maximum atomic E-state index is 11.6. The minimum atomic E-state index is -0.127. The molecule has 0 atom stereocenters. The molecule has 0 aromatic carbocycles. The van der Waals surface area contributed by atoms with Crippen LogP contribution in [-0.2, 0) is 28.5 Å². The van der Waals surface area contributed by atoms with E-state index in [0.717, 1.165) is 12.8 Å². The first-order valence-electron chi connectivity index (χ1n) is 10.4. The summed E-state index contributed by atoms with van der Waals surface area (Å²) in [6, 6.07) is 0. The Hall–Kier alpha value is -0.950. The van der Waals surface area contributed by atoms with E-state index in [1.807, 2.05) is 0 Å². The summed E-state index contributed by atoms with van der Waals surface area (Å²) in [5.74, 6) is -0.127. The Kier molecular flexibility index (Phi) is 22.3. The summed E-state index contributed by atoms with van der Waals surface area (Å²) in [7, 11) is 0. The zero-order valence-electron chi connectivity index (χ0n) is 17.3. The molecule has 0 heterocycles. The summed E-state index contributed by atoms with van der Waals surface area (Å²) in [5, 5.41) is 0. The summed E-state index contributed by atoms with van der Waals surface area (Å²) >= 11 is 0. The smallest absolute Gasteiger partial charge is 0.305 e. The van der Waals surface area contributed by atoms with Gasteiger partial charge in [-0.3, -0.25) is 4.79 Å². The molecular weight excluding hydrogens is 348 g/mol. The van der Waals surface area contributed by atoms with Crippen molar-refractivity contribution in [2.45, 2.75) is 58.3 Å². The van der Waals surface area contributed by atoms with Crippen LogP contribution >= 0.6 is 0 Å². The van der Waals surface area contributed by atoms with Crippen LogP contribution < -0.4 is 0 Å². The van der Waals surface area contributed by atoms with Crippen LogP contribution in [0.1, 0.15) is 58.3 Å². The van der Waals surface area contributed by atoms with Gasteiger partial charge in [0.15, 0.2) is 0 Å². The van der Waals surface area contributed by atoms with Gasteiger partial charge in [-0.05, 0) is 6.42 Å². The molecule has 0 aliphatic heterocycles. The molecule has 0 radical (unpaired) electrons. The maximum absolute atomic E-state index is 11.6. The molecule has 0 aromatic heterocycles. The van der Waals surface area contributed by atoms with E-state index in [0.29, 0.717) is 65.9 Å². The van der Waals surface area contributed by atoms with E-state index in [2.05, 4.69) is 13.5 Å². The fraction of sp³-hybridized carbons (Fsp3) is 0.857. The Morgan fingerprint density at radius 1 is 0.704 bits per heavy atom. The molecule has 0 N–H and O–H groups in total. The largest absolute Gasteiger partial charge is 0.463 e. The van der Waals surface area contributed by atoms with Crippen LogP contribution in [0.3, 0.4) is 0 Å². The molecule has 0 bridgehead atoms. The second-order valence-corrected chi connectivity index (χ2v) is 6.29. The lowest BCUT2D eigenvalue weighted by Gasteiger charge is -2.08. The lowest BCUT2D eigenvalue weighted by Crippen LogP contribution is -2.14. The Morgan fingerprint density at radius 3 is 1.74 bits per heavy atom. The lowest BCUT2D eigenvalue weighted by molar-refractivity contribution is -0.145. The number of hydrogen-bond donors (Lipinski definition) is 0. The van der Waals surface area contributed by atoms with Crippen molar-refractivity contribution >= 4 is 5.97 Å². The van der Waals surface area contributed by atoms with Crippen LogP contribution in [0.4, 0.5) is 0 Å². The average molecular weight is 389 g/mol. The molecule has 0 fully saturated rings. The van der Waals surface area contributed by atoms with Crippen LogP contribution in [-0.4, -0.2) is 65.4 Å². The van der Waals surface area contributed by atoms with Gasteiger partial charge in [0.2, 0.25) is 0 Å². The summed E-state index contributed by atoms with van der Waals surface area (Å²) in [5.41, 5.74) is 0. The van der Waals surface area contributed by atoms with E-state index < -0.39 is 0 Å². The molecule has 160 valence electrons. The normalized spacial score (nSPS) is 10.9. The van der Waals surface area contributed by atoms with Crippen LogP contribution in [0.25, 0.3) is 0 Å². The van der Waals surface area contributed by atoms with Crippen molar-refractivity contribution in [3.05, 3.63) is 12.7 Å². The molecule has 0 rings (SSSR count). The number of hydrogen-bond acceptors (Lipinski definition) is 6. The Bertz CT molecular complexity index is 322. The monoisotopic (exact) mass is 388 g/mol. The first-order valence-corrected chi connectivity index (χ1v) is 10.4. The van der Waals surface area contributed by atoms with Crippen molar-refractivity contribution < 1.29 is 28.5 Å². The van der Waals surface area contributed by atoms with Gasteiger partial charge in [0, 0.05) is 6.42 Å². The molecule has 0 saturated heterocycles. The standard InChI is InChI=1S/C21H40O6/c1-3-5-6-7-8-9-10-11-21(22)27-20-19-26-18-17-25-16-15-24-14-13-23-12-4-2/h4H,2-3,5-20H2,1H3. The summed E-state index contributed by atoms with van der Waals surface area (Å²) in [4.78, 5) is 11.6. The van der Waals surface area contributed by atoms with Gasteiger partial charge in [-0.25, -0.2) is 0 Å². The summed E-state index contributed by atoms with van der Waals surface area (Å²) < 4.78 is 26.4. The Morgan fingerprint density at radius 2 is 1.19 bits per heavy atom. The third-order valence-corrected chi connectivity index (χ3v) is 3.83. The number of rotatable bonds is 22. The van der Waals surface area contributed by atoms with Crippen molar-refractivity contribution in [1.29, 1.82) is 0 Å². The molecular formula is C21H40O6. The SMILES string of the molecule is C=CCOCCOCCOCCOCCOC(=O)CCCCCCCCC. The predicted molar refractivity (Wildman–Crippen MR) is 107 cm³/mol. The van der Waals surface area contributed by atoms with E-state index in [1.54, 1.807) is 6.08 Å². The average Bonchev–Trinajstić information content (AvgIpc) is 2.67. The van der Waals surface area contributed by atoms with E-state index >= 15 is 0 Å². The zero-order chi connectivity index (χ0) is 19.8. The van der Waals surface area contributed by atoms with Crippen molar-refractivity contribution in [3.8, 4) is 0 Å². The second-order valence-electron chi connectivity index (χ2n) is 6.29. The Labute approximate surface area is 165 Å². The highest BCUT2D eigenvalue weighted by Gasteiger charge is 2.02. The van der Waals surface area contributed by atoms with Gasteiger partial charge in [0.25, 0.3) is 0 Å². The molecule has 0 spiro atoms. The molecule has 0 unspecified atom stereocenters. The third kappa shape index (κ3) is 23.0. The van der Waals surface area contributed by atoms with Crippen LogP contribution in [0.15, 0.2) is 12.7 Å². The highest BCUT2D eigenvalue weighted by molar-refractivity contribution is 5.69. The molecule has 0 aliphatic rings. The van der Waals surface area contributed by atoms with Gasteiger partial charge in [0.05, 0.1) is 52.9 Å². The first kappa shape index (κ1) is 26.1. The maximum Gasteiger partial charge on any atom is 0.305 e. The second kappa shape index (κ2) is 23.1. The topological polar surface area (TPSA) is 63.2 Å². The summed E-state index contributed by atoms with van der Waals surface area (Å²) in [6.45, 7) is 10.2.